The third kappa shape index (κ3) is 9.39. The Morgan fingerprint density at radius 1 is 1.19 bits per heavy atom. The summed E-state index contributed by atoms with van der Waals surface area (Å²) in [7, 11) is 0. The van der Waals surface area contributed by atoms with Gasteiger partial charge in [0.2, 0.25) is 5.91 Å². The maximum atomic E-state index is 13.3. The number of carbonyl (C=O) groups excluding carboxylic acids is 2. The molecule has 32 heavy (non-hydrogen) atoms. The molecule has 2 N–H and O–H groups in total. The number of carboxylic acids is 1. The third-order valence-electron chi connectivity index (χ3n) is 4.54. The predicted octanol–water partition coefficient (Wildman–Crippen LogP) is 3.18. The van der Waals surface area contributed by atoms with Gasteiger partial charge in [-0.25, -0.2) is 9.18 Å². The number of carbonyl (C=O) groups is 3. The molecule has 12 heteroatoms. The molecular formula is C20H26ClF4N3O4. The van der Waals surface area contributed by atoms with E-state index in [9.17, 15) is 27.2 Å². The van der Waals surface area contributed by atoms with Crippen molar-refractivity contribution in [3.05, 3.63) is 34.6 Å². The highest BCUT2D eigenvalue weighted by Crippen LogP contribution is 2.18. The SMILES string of the molecule is CCCCN(CCC(=O)N1CCNCC1)C(=O)c1ccc(F)c(Cl)c1.O=C(O)C(F)(F)F. The summed E-state index contributed by atoms with van der Waals surface area (Å²) in [5, 5.41) is 10.3. The largest absolute Gasteiger partial charge is 0.490 e. The number of amides is 2. The topological polar surface area (TPSA) is 90.0 Å². The van der Waals surface area contributed by atoms with E-state index in [-0.39, 0.29) is 16.8 Å². The minimum Gasteiger partial charge on any atom is -0.475 e. The molecule has 0 bridgehead atoms. The fourth-order valence-electron chi connectivity index (χ4n) is 2.78. The number of benzene rings is 1. The zero-order valence-electron chi connectivity index (χ0n) is 17.6. The van der Waals surface area contributed by atoms with Crippen molar-refractivity contribution in [3.8, 4) is 0 Å². The fourth-order valence-corrected chi connectivity index (χ4v) is 2.96. The molecule has 0 saturated carbocycles. The summed E-state index contributed by atoms with van der Waals surface area (Å²) in [5.41, 5.74) is 0.345. The number of alkyl halides is 3. The van der Waals surface area contributed by atoms with Crippen LogP contribution in [0.15, 0.2) is 18.2 Å². The number of carboxylic acid groups (broad SMARTS) is 1. The van der Waals surface area contributed by atoms with Crippen molar-refractivity contribution in [1.82, 2.24) is 15.1 Å². The van der Waals surface area contributed by atoms with Crippen LogP contribution >= 0.6 is 11.6 Å². The van der Waals surface area contributed by atoms with Crippen molar-refractivity contribution in [2.24, 2.45) is 0 Å². The maximum absolute atomic E-state index is 13.3. The minimum atomic E-state index is -5.08. The van der Waals surface area contributed by atoms with Crippen LogP contribution < -0.4 is 5.32 Å². The first-order valence-electron chi connectivity index (χ1n) is 10.00. The maximum Gasteiger partial charge on any atom is 0.490 e. The lowest BCUT2D eigenvalue weighted by Gasteiger charge is -2.29. The standard InChI is InChI=1S/C18H25ClFN3O2.C2HF3O2/c1-2-3-9-23(10-6-17(24)22-11-7-21-8-12-22)18(25)14-4-5-16(20)15(19)13-14;3-2(4,5)1(6)7/h4-5,13,21H,2-3,6-12H2,1H3;(H,6,7). The van der Waals surface area contributed by atoms with Gasteiger partial charge in [0.15, 0.2) is 0 Å². The van der Waals surface area contributed by atoms with Crippen LogP contribution in [0.4, 0.5) is 17.6 Å². The van der Waals surface area contributed by atoms with E-state index in [2.05, 4.69) is 5.32 Å². The number of nitrogens with zero attached hydrogens (tertiary/aromatic N) is 2. The van der Waals surface area contributed by atoms with E-state index < -0.39 is 18.0 Å². The minimum absolute atomic E-state index is 0.0629. The van der Waals surface area contributed by atoms with E-state index in [0.717, 1.165) is 25.9 Å². The van der Waals surface area contributed by atoms with Gasteiger partial charge < -0.3 is 20.2 Å². The monoisotopic (exact) mass is 483 g/mol. The number of rotatable bonds is 7. The molecule has 1 aliphatic rings. The molecule has 1 aliphatic heterocycles. The number of aliphatic carboxylic acids is 1. The van der Waals surface area contributed by atoms with Crippen LogP contribution in [-0.4, -0.2) is 78.1 Å². The Balaban J connectivity index is 0.000000633. The van der Waals surface area contributed by atoms with Gasteiger partial charge in [-0.05, 0) is 24.6 Å². The summed E-state index contributed by atoms with van der Waals surface area (Å²) in [5.74, 6) is -3.46. The van der Waals surface area contributed by atoms with Crippen LogP contribution in [0.25, 0.3) is 0 Å². The zero-order chi connectivity index (χ0) is 24.3. The van der Waals surface area contributed by atoms with Crippen molar-refractivity contribution in [3.63, 3.8) is 0 Å². The van der Waals surface area contributed by atoms with Crippen LogP contribution in [-0.2, 0) is 9.59 Å². The summed E-state index contributed by atoms with van der Waals surface area (Å²) < 4.78 is 45.0. The van der Waals surface area contributed by atoms with Crippen LogP contribution in [0.1, 0.15) is 36.5 Å². The Morgan fingerprint density at radius 2 is 1.78 bits per heavy atom. The van der Waals surface area contributed by atoms with Crippen molar-refractivity contribution < 1.29 is 37.1 Å². The second-order valence-electron chi connectivity index (χ2n) is 6.96. The van der Waals surface area contributed by atoms with Gasteiger partial charge in [0.25, 0.3) is 5.91 Å². The molecule has 2 rings (SSSR count). The zero-order valence-corrected chi connectivity index (χ0v) is 18.3. The molecule has 0 spiro atoms. The van der Waals surface area contributed by atoms with E-state index in [1.807, 2.05) is 11.8 Å². The van der Waals surface area contributed by atoms with Gasteiger partial charge in [-0.2, -0.15) is 13.2 Å². The molecule has 7 nitrogen and oxygen atoms in total. The second-order valence-corrected chi connectivity index (χ2v) is 7.37. The van der Waals surface area contributed by atoms with Gasteiger partial charge in [-0.3, -0.25) is 9.59 Å². The van der Waals surface area contributed by atoms with Gasteiger partial charge in [-0.15, -0.1) is 0 Å². The Hall–Kier alpha value is -2.40. The smallest absolute Gasteiger partial charge is 0.475 e. The molecule has 0 radical (unpaired) electrons. The van der Waals surface area contributed by atoms with E-state index in [4.69, 9.17) is 21.5 Å². The Morgan fingerprint density at radius 3 is 2.28 bits per heavy atom. The lowest BCUT2D eigenvalue weighted by molar-refractivity contribution is -0.192. The highest BCUT2D eigenvalue weighted by molar-refractivity contribution is 6.31. The van der Waals surface area contributed by atoms with Gasteiger partial charge in [0.05, 0.1) is 5.02 Å². The van der Waals surface area contributed by atoms with Gasteiger partial charge in [0, 0.05) is 51.3 Å². The molecule has 1 heterocycles. The number of hydrogen-bond acceptors (Lipinski definition) is 4. The van der Waals surface area contributed by atoms with Crippen LogP contribution in [0.3, 0.4) is 0 Å². The quantitative estimate of drug-likeness (QED) is 0.581. The molecule has 0 unspecified atom stereocenters. The number of piperazine rings is 1. The molecule has 1 saturated heterocycles. The number of halogens is 5. The second kappa shape index (κ2) is 13.2. The van der Waals surface area contributed by atoms with Crippen LogP contribution in [0, 0.1) is 5.82 Å². The summed E-state index contributed by atoms with van der Waals surface area (Å²) in [4.78, 5) is 37.4. The highest BCUT2D eigenvalue weighted by atomic mass is 35.5. The summed E-state index contributed by atoms with van der Waals surface area (Å²) in [6.45, 7) is 5.99. The normalized spacial score (nSPS) is 13.8. The molecule has 0 aliphatic carbocycles. The van der Waals surface area contributed by atoms with Crippen LogP contribution in [0.5, 0.6) is 0 Å². The molecule has 2 amide bonds. The van der Waals surface area contributed by atoms with E-state index >= 15 is 0 Å². The van der Waals surface area contributed by atoms with Crippen molar-refractivity contribution in [1.29, 1.82) is 0 Å². The molecule has 0 aromatic heterocycles. The van der Waals surface area contributed by atoms with E-state index in [1.54, 1.807) is 4.90 Å². The summed E-state index contributed by atoms with van der Waals surface area (Å²) in [6, 6.07) is 3.97. The lowest BCUT2D eigenvalue weighted by Crippen LogP contribution is -2.47. The first-order chi connectivity index (χ1) is 15.0. The summed E-state index contributed by atoms with van der Waals surface area (Å²) in [6.07, 6.45) is -2.99. The van der Waals surface area contributed by atoms with Crippen molar-refractivity contribution >= 4 is 29.4 Å². The lowest BCUT2D eigenvalue weighted by atomic mass is 10.1. The van der Waals surface area contributed by atoms with E-state index in [1.165, 1.54) is 18.2 Å². The molecule has 180 valence electrons. The molecule has 1 fully saturated rings. The number of hydrogen-bond donors (Lipinski definition) is 2. The first kappa shape index (κ1) is 27.6. The Labute approximate surface area is 188 Å². The van der Waals surface area contributed by atoms with Gasteiger partial charge in [0.1, 0.15) is 5.82 Å². The van der Waals surface area contributed by atoms with Crippen LogP contribution in [0.2, 0.25) is 5.02 Å². The summed E-state index contributed by atoms with van der Waals surface area (Å²) >= 11 is 5.78. The molecular weight excluding hydrogens is 458 g/mol. The fraction of sp³-hybridized carbons (Fsp3) is 0.550. The molecule has 1 aromatic rings. The number of nitrogens with one attached hydrogen (secondary N) is 1. The Kier molecular flexibility index (Phi) is 11.4. The highest BCUT2D eigenvalue weighted by Gasteiger charge is 2.38. The van der Waals surface area contributed by atoms with E-state index in [0.29, 0.717) is 38.2 Å². The average Bonchev–Trinajstić information content (AvgIpc) is 2.75. The Bertz CT molecular complexity index is 787. The van der Waals surface area contributed by atoms with Gasteiger partial charge in [-0.1, -0.05) is 24.9 Å². The first-order valence-corrected chi connectivity index (χ1v) is 10.4. The number of unbranched alkanes of at least 4 members (excludes halogenated alkanes) is 1. The van der Waals surface area contributed by atoms with Gasteiger partial charge >= 0.3 is 12.1 Å². The molecule has 0 atom stereocenters. The predicted molar refractivity (Wildman–Crippen MR) is 110 cm³/mol. The third-order valence-corrected chi connectivity index (χ3v) is 4.83. The van der Waals surface area contributed by atoms with Crippen molar-refractivity contribution in [2.45, 2.75) is 32.4 Å². The average molecular weight is 484 g/mol. The molecule has 1 aromatic carbocycles. The van der Waals surface area contributed by atoms with Crippen molar-refractivity contribution in [2.75, 3.05) is 39.3 Å².